The van der Waals surface area contributed by atoms with Crippen molar-refractivity contribution in [1.29, 1.82) is 0 Å². The Bertz CT molecular complexity index is 264. The van der Waals surface area contributed by atoms with Crippen LogP contribution in [0.1, 0.15) is 20.3 Å². The zero-order valence-corrected chi connectivity index (χ0v) is 10.3. The molecular weight excluding hydrogens is 224 g/mol. The first kappa shape index (κ1) is 13.9. The van der Waals surface area contributed by atoms with Gasteiger partial charge < -0.3 is 20.1 Å². The van der Waals surface area contributed by atoms with Gasteiger partial charge in [-0.15, -0.1) is 0 Å². The molecule has 1 aliphatic heterocycles. The third-order valence-electron chi connectivity index (χ3n) is 2.45. The van der Waals surface area contributed by atoms with E-state index in [0.717, 1.165) is 6.54 Å². The van der Waals surface area contributed by atoms with E-state index in [-0.39, 0.29) is 11.9 Å². The summed E-state index contributed by atoms with van der Waals surface area (Å²) in [7, 11) is 0. The first-order valence-corrected chi connectivity index (χ1v) is 5.90. The minimum Gasteiger partial charge on any atom is -0.464 e. The van der Waals surface area contributed by atoms with E-state index in [2.05, 4.69) is 10.6 Å². The molecule has 0 aromatic rings. The lowest BCUT2D eigenvalue weighted by Crippen LogP contribution is -2.46. The van der Waals surface area contributed by atoms with Crippen molar-refractivity contribution in [2.24, 2.45) is 0 Å². The highest BCUT2D eigenvalue weighted by atomic mass is 16.5. The monoisotopic (exact) mass is 244 g/mol. The Kier molecular flexibility index (Phi) is 5.93. The van der Waals surface area contributed by atoms with Crippen molar-refractivity contribution in [3.63, 3.8) is 0 Å². The molecule has 1 heterocycles. The topological polar surface area (TPSA) is 76.7 Å². The van der Waals surface area contributed by atoms with Gasteiger partial charge in [-0.2, -0.15) is 0 Å². The van der Waals surface area contributed by atoms with E-state index in [9.17, 15) is 9.59 Å². The van der Waals surface area contributed by atoms with Crippen molar-refractivity contribution in [3.8, 4) is 0 Å². The highest BCUT2D eigenvalue weighted by molar-refractivity contribution is 5.84. The number of morpholine rings is 1. The second kappa shape index (κ2) is 7.24. The van der Waals surface area contributed by atoms with Crippen LogP contribution in [0.4, 0.5) is 0 Å². The minimum absolute atomic E-state index is 0.0261. The summed E-state index contributed by atoms with van der Waals surface area (Å²) in [5.74, 6) is -0.581. The zero-order chi connectivity index (χ0) is 12.7. The SMILES string of the molecule is CCOC(=O)C(C)NC(=O)CC1COCCN1. The molecule has 98 valence electrons. The fourth-order valence-corrected chi connectivity index (χ4v) is 1.60. The molecule has 0 saturated carbocycles. The molecule has 6 nitrogen and oxygen atoms in total. The van der Waals surface area contributed by atoms with Gasteiger partial charge in [0.15, 0.2) is 0 Å². The van der Waals surface area contributed by atoms with Crippen LogP contribution in [-0.4, -0.2) is 50.3 Å². The van der Waals surface area contributed by atoms with Gasteiger partial charge in [0.25, 0.3) is 0 Å². The van der Waals surface area contributed by atoms with Gasteiger partial charge in [-0.05, 0) is 13.8 Å². The van der Waals surface area contributed by atoms with Crippen molar-refractivity contribution in [2.45, 2.75) is 32.4 Å². The maximum absolute atomic E-state index is 11.6. The summed E-state index contributed by atoms with van der Waals surface area (Å²) in [5.41, 5.74) is 0. The van der Waals surface area contributed by atoms with E-state index in [0.29, 0.717) is 26.2 Å². The standard InChI is InChI=1S/C11H20N2O4/c1-3-17-11(15)8(2)13-10(14)6-9-7-16-5-4-12-9/h8-9,12H,3-7H2,1-2H3,(H,13,14). The number of amides is 1. The third-order valence-corrected chi connectivity index (χ3v) is 2.45. The van der Waals surface area contributed by atoms with E-state index in [1.165, 1.54) is 0 Å². The number of carbonyl (C=O) groups excluding carboxylic acids is 2. The summed E-state index contributed by atoms with van der Waals surface area (Å²) >= 11 is 0. The summed E-state index contributed by atoms with van der Waals surface area (Å²) in [6.45, 7) is 5.62. The molecule has 1 fully saturated rings. The average molecular weight is 244 g/mol. The van der Waals surface area contributed by atoms with Crippen LogP contribution in [0.25, 0.3) is 0 Å². The van der Waals surface area contributed by atoms with E-state index in [1.807, 2.05) is 0 Å². The van der Waals surface area contributed by atoms with Gasteiger partial charge in [-0.25, -0.2) is 4.79 Å². The van der Waals surface area contributed by atoms with Gasteiger partial charge in [-0.1, -0.05) is 0 Å². The summed E-state index contributed by atoms with van der Waals surface area (Å²) in [6.07, 6.45) is 0.309. The lowest BCUT2D eigenvalue weighted by Gasteiger charge is -2.23. The first-order valence-electron chi connectivity index (χ1n) is 5.90. The van der Waals surface area contributed by atoms with E-state index in [4.69, 9.17) is 9.47 Å². The van der Waals surface area contributed by atoms with Crippen molar-refractivity contribution in [2.75, 3.05) is 26.4 Å². The molecule has 2 unspecified atom stereocenters. The fourth-order valence-electron chi connectivity index (χ4n) is 1.60. The Labute approximate surface area is 101 Å². The van der Waals surface area contributed by atoms with Gasteiger partial charge in [-0.3, -0.25) is 4.79 Å². The van der Waals surface area contributed by atoms with Crippen LogP contribution < -0.4 is 10.6 Å². The largest absolute Gasteiger partial charge is 0.464 e. The lowest BCUT2D eigenvalue weighted by atomic mass is 10.2. The summed E-state index contributed by atoms with van der Waals surface area (Å²) < 4.78 is 10.0. The number of hydrogen-bond acceptors (Lipinski definition) is 5. The van der Waals surface area contributed by atoms with Crippen molar-refractivity contribution < 1.29 is 19.1 Å². The predicted octanol–water partition coefficient (Wildman–Crippen LogP) is -0.567. The van der Waals surface area contributed by atoms with Crippen molar-refractivity contribution in [1.82, 2.24) is 10.6 Å². The van der Waals surface area contributed by atoms with Crippen LogP contribution in [0.15, 0.2) is 0 Å². The second-order valence-corrected chi connectivity index (χ2v) is 3.97. The van der Waals surface area contributed by atoms with Crippen LogP contribution in [-0.2, 0) is 19.1 Å². The average Bonchev–Trinajstić information content (AvgIpc) is 2.30. The summed E-state index contributed by atoms with van der Waals surface area (Å²) in [6, 6.07) is -0.579. The summed E-state index contributed by atoms with van der Waals surface area (Å²) in [5, 5.41) is 5.78. The molecule has 0 aromatic heterocycles. The molecule has 6 heteroatoms. The Hall–Kier alpha value is -1.14. The second-order valence-electron chi connectivity index (χ2n) is 3.97. The minimum atomic E-state index is -0.605. The highest BCUT2D eigenvalue weighted by Crippen LogP contribution is 1.99. The van der Waals surface area contributed by atoms with Gasteiger partial charge in [0.2, 0.25) is 5.91 Å². The maximum Gasteiger partial charge on any atom is 0.328 e. The van der Waals surface area contributed by atoms with Gasteiger partial charge in [0.1, 0.15) is 6.04 Å². The normalized spacial score (nSPS) is 21.6. The number of carbonyl (C=O) groups is 2. The maximum atomic E-state index is 11.6. The van der Waals surface area contributed by atoms with Crippen molar-refractivity contribution >= 4 is 11.9 Å². The predicted molar refractivity (Wildman–Crippen MR) is 61.5 cm³/mol. The lowest BCUT2D eigenvalue weighted by molar-refractivity contribution is -0.147. The number of rotatable bonds is 5. The number of nitrogens with one attached hydrogen (secondary N) is 2. The van der Waals surface area contributed by atoms with E-state index >= 15 is 0 Å². The molecule has 1 rings (SSSR count). The quantitative estimate of drug-likeness (QED) is 0.634. The van der Waals surface area contributed by atoms with Crippen LogP contribution in [0.5, 0.6) is 0 Å². The van der Waals surface area contributed by atoms with Crippen LogP contribution in [0, 0.1) is 0 Å². The Morgan fingerprint density at radius 2 is 2.35 bits per heavy atom. The molecular formula is C11H20N2O4. The van der Waals surface area contributed by atoms with Crippen LogP contribution >= 0.6 is 0 Å². The number of esters is 1. The van der Waals surface area contributed by atoms with Gasteiger partial charge >= 0.3 is 5.97 Å². The van der Waals surface area contributed by atoms with Crippen molar-refractivity contribution in [3.05, 3.63) is 0 Å². The first-order chi connectivity index (χ1) is 8.13. The molecule has 1 saturated heterocycles. The third kappa shape index (κ3) is 5.14. The highest BCUT2D eigenvalue weighted by Gasteiger charge is 2.20. The van der Waals surface area contributed by atoms with Crippen LogP contribution in [0.2, 0.25) is 0 Å². The number of ether oxygens (including phenoxy) is 2. The molecule has 2 atom stereocenters. The summed E-state index contributed by atoms with van der Waals surface area (Å²) in [4.78, 5) is 22.9. The Balaban J connectivity index is 2.25. The molecule has 17 heavy (non-hydrogen) atoms. The number of hydrogen-bond donors (Lipinski definition) is 2. The zero-order valence-electron chi connectivity index (χ0n) is 10.3. The Morgan fingerprint density at radius 1 is 1.59 bits per heavy atom. The van der Waals surface area contributed by atoms with Gasteiger partial charge in [0, 0.05) is 19.0 Å². The van der Waals surface area contributed by atoms with E-state index in [1.54, 1.807) is 13.8 Å². The molecule has 0 spiro atoms. The molecule has 1 aliphatic rings. The molecule has 0 aliphatic carbocycles. The van der Waals surface area contributed by atoms with E-state index < -0.39 is 12.0 Å². The Morgan fingerprint density at radius 3 is 2.94 bits per heavy atom. The van der Waals surface area contributed by atoms with Crippen LogP contribution in [0.3, 0.4) is 0 Å². The molecule has 1 amide bonds. The molecule has 2 N–H and O–H groups in total. The molecule has 0 radical (unpaired) electrons. The molecule has 0 aromatic carbocycles. The fraction of sp³-hybridized carbons (Fsp3) is 0.818. The van der Waals surface area contributed by atoms with Gasteiger partial charge in [0.05, 0.1) is 19.8 Å². The smallest absolute Gasteiger partial charge is 0.328 e. The molecule has 0 bridgehead atoms.